The van der Waals surface area contributed by atoms with Crippen molar-refractivity contribution in [1.82, 2.24) is 4.90 Å². The van der Waals surface area contributed by atoms with E-state index in [1.165, 1.54) is 6.07 Å². The zero-order valence-electron chi connectivity index (χ0n) is 20.9. The lowest BCUT2D eigenvalue weighted by molar-refractivity contribution is 0.0179. The van der Waals surface area contributed by atoms with E-state index in [1.54, 1.807) is 12.0 Å². The van der Waals surface area contributed by atoms with Crippen molar-refractivity contribution < 1.29 is 23.4 Å². The minimum absolute atomic E-state index is 0.148. The topological polar surface area (TPSA) is 75.0 Å². The van der Waals surface area contributed by atoms with Crippen LogP contribution in [-0.4, -0.2) is 56.6 Å². The van der Waals surface area contributed by atoms with Crippen LogP contribution in [0.2, 0.25) is 0 Å². The summed E-state index contributed by atoms with van der Waals surface area (Å²) < 4.78 is 32.1. The van der Waals surface area contributed by atoms with Gasteiger partial charge in [0.15, 0.2) is 6.61 Å². The number of carbonyl (C=O) groups excluding carboxylic acids is 1. The Bertz CT molecular complexity index is 956. The van der Waals surface area contributed by atoms with Crippen LogP contribution in [0.4, 0.5) is 14.9 Å². The fourth-order valence-electron chi connectivity index (χ4n) is 4.88. The average molecular weight is 474 g/mol. The summed E-state index contributed by atoms with van der Waals surface area (Å²) in [4.78, 5) is 16.5. The molecule has 1 amide bonds. The molecule has 1 aromatic rings. The largest absolute Gasteiger partial charge is 0.479 e. The maximum atomic E-state index is 15.7. The summed E-state index contributed by atoms with van der Waals surface area (Å²) in [6.07, 6.45) is 4.88. The Morgan fingerprint density at radius 2 is 2.00 bits per heavy atom. The Morgan fingerprint density at radius 3 is 2.59 bits per heavy atom. The van der Waals surface area contributed by atoms with Crippen LogP contribution in [0.5, 0.6) is 5.75 Å². The highest BCUT2D eigenvalue weighted by atomic mass is 19.1. The summed E-state index contributed by atoms with van der Waals surface area (Å²) in [6, 6.07) is 5.13. The zero-order chi connectivity index (χ0) is 24.9. The van der Waals surface area contributed by atoms with Gasteiger partial charge < -0.3 is 24.0 Å². The second-order valence-corrected chi connectivity index (χ2v) is 9.82. The predicted octanol–water partition coefficient (Wildman–Crippen LogP) is 5.15. The predicted molar refractivity (Wildman–Crippen MR) is 128 cm³/mol. The number of hydrogen-bond donors (Lipinski definition) is 0. The first-order valence-electron chi connectivity index (χ1n) is 12.0. The van der Waals surface area contributed by atoms with Crippen LogP contribution in [0.1, 0.15) is 58.9 Å². The second kappa shape index (κ2) is 10.6. The number of unbranched alkanes of at least 4 members (excludes halogenated alkanes) is 1. The molecule has 0 saturated carbocycles. The van der Waals surface area contributed by atoms with Crippen LogP contribution >= 0.6 is 0 Å². The van der Waals surface area contributed by atoms with E-state index < -0.39 is 11.0 Å². The van der Waals surface area contributed by atoms with Crippen molar-refractivity contribution in [3.8, 4) is 11.8 Å². The molecule has 0 N–H and O–H groups in total. The molecule has 1 spiro atoms. The number of carbonyl (C=O) groups is 1. The van der Waals surface area contributed by atoms with Gasteiger partial charge in [0.2, 0.25) is 0 Å². The number of rotatable bonds is 7. The molecule has 1 fully saturated rings. The molecule has 3 rings (SSSR count). The number of benzene rings is 1. The lowest BCUT2D eigenvalue weighted by atomic mass is 9.71. The van der Waals surface area contributed by atoms with Crippen molar-refractivity contribution in [2.45, 2.75) is 64.4 Å². The maximum Gasteiger partial charge on any atom is 0.410 e. The SMILES string of the molecule is CCC/C=C1\N(CCOC)c2cc(OCC#N)cc(F)c2C12CCN(C(=O)OC(C)(C)C)CC2. The fraction of sp³-hybridized carbons (Fsp3) is 0.615. The van der Waals surface area contributed by atoms with Crippen LogP contribution in [0.3, 0.4) is 0 Å². The van der Waals surface area contributed by atoms with Crippen molar-refractivity contribution in [2.75, 3.05) is 44.9 Å². The number of nitriles is 1. The van der Waals surface area contributed by atoms with Crippen LogP contribution in [-0.2, 0) is 14.9 Å². The van der Waals surface area contributed by atoms with Gasteiger partial charge in [-0.2, -0.15) is 5.26 Å². The van der Waals surface area contributed by atoms with Gasteiger partial charge in [-0.15, -0.1) is 0 Å². The normalized spacial score (nSPS) is 18.2. The van der Waals surface area contributed by atoms with E-state index in [9.17, 15) is 4.79 Å². The first-order chi connectivity index (χ1) is 16.2. The van der Waals surface area contributed by atoms with Crippen molar-refractivity contribution in [2.24, 2.45) is 0 Å². The van der Waals surface area contributed by atoms with Gasteiger partial charge in [0, 0.05) is 55.6 Å². The molecule has 0 unspecified atom stereocenters. The van der Waals surface area contributed by atoms with Gasteiger partial charge in [-0.3, -0.25) is 0 Å². The van der Waals surface area contributed by atoms with Gasteiger partial charge in [-0.25, -0.2) is 9.18 Å². The third-order valence-corrected chi connectivity index (χ3v) is 6.31. The Morgan fingerprint density at radius 1 is 1.29 bits per heavy atom. The summed E-state index contributed by atoms with van der Waals surface area (Å²) in [5, 5.41) is 8.89. The van der Waals surface area contributed by atoms with Gasteiger partial charge in [0.05, 0.1) is 12.3 Å². The molecule has 1 aromatic carbocycles. The van der Waals surface area contributed by atoms with E-state index in [0.29, 0.717) is 50.4 Å². The number of likely N-dealkylation sites (tertiary alicyclic amines) is 1. The van der Waals surface area contributed by atoms with Crippen LogP contribution < -0.4 is 9.64 Å². The molecule has 0 atom stereocenters. The Labute approximate surface area is 202 Å². The van der Waals surface area contributed by atoms with Gasteiger partial charge in [0.25, 0.3) is 0 Å². The molecule has 8 heteroatoms. The molecule has 2 aliphatic rings. The zero-order valence-corrected chi connectivity index (χ0v) is 20.9. The van der Waals surface area contributed by atoms with Crippen LogP contribution in [0, 0.1) is 17.1 Å². The summed E-state index contributed by atoms with van der Waals surface area (Å²) in [5.74, 6) is -0.0169. The number of piperidine rings is 1. The van der Waals surface area contributed by atoms with Gasteiger partial charge >= 0.3 is 6.09 Å². The minimum Gasteiger partial charge on any atom is -0.479 e. The summed E-state index contributed by atoms with van der Waals surface area (Å²) in [5.41, 5.74) is 1.33. The summed E-state index contributed by atoms with van der Waals surface area (Å²) in [6.45, 7) is 9.52. The smallest absolute Gasteiger partial charge is 0.410 e. The van der Waals surface area contributed by atoms with E-state index in [0.717, 1.165) is 24.2 Å². The van der Waals surface area contributed by atoms with E-state index in [1.807, 2.05) is 32.9 Å². The third-order valence-electron chi connectivity index (χ3n) is 6.31. The molecule has 0 aromatic heterocycles. The summed E-state index contributed by atoms with van der Waals surface area (Å²) >= 11 is 0. The summed E-state index contributed by atoms with van der Waals surface area (Å²) in [7, 11) is 1.65. The lowest BCUT2D eigenvalue weighted by Gasteiger charge is -2.41. The van der Waals surface area contributed by atoms with E-state index in [2.05, 4.69) is 17.9 Å². The number of hydrogen-bond acceptors (Lipinski definition) is 6. The molecule has 2 aliphatic heterocycles. The van der Waals surface area contributed by atoms with Gasteiger partial charge in [0.1, 0.15) is 23.2 Å². The monoisotopic (exact) mass is 473 g/mol. The van der Waals surface area contributed by atoms with Crippen molar-refractivity contribution in [3.05, 3.63) is 35.3 Å². The highest BCUT2D eigenvalue weighted by Crippen LogP contribution is 2.55. The molecule has 186 valence electrons. The molecule has 34 heavy (non-hydrogen) atoms. The number of fused-ring (bicyclic) bond motifs is 2. The third kappa shape index (κ3) is 5.30. The first kappa shape index (κ1) is 25.8. The maximum absolute atomic E-state index is 15.7. The number of anilines is 1. The number of methoxy groups -OCH3 is 1. The standard InChI is InChI=1S/C26H36FN3O4/c1-6-7-8-22-26(9-12-29(13-10-26)24(31)34-25(2,3)4)23-20(27)17-19(33-15-11-28)18-21(23)30(22)14-16-32-5/h8,17-18H,6-7,9-10,12-16H2,1-5H3/b22-8-. The highest BCUT2D eigenvalue weighted by Gasteiger charge is 2.51. The van der Waals surface area contributed by atoms with E-state index in [4.69, 9.17) is 19.5 Å². The molecule has 7 nitrogen and oxygen atoms in total. The van der Waals surface area contributed by atoms with Crippen LogP contribution in [0.15, 0.2) is 23.9 Å². The number of amides is 1. The Kier molecular flexibility index (Phi) is 8.09. The minimum atomic E-state index is -0.568. The Hall–Kier alpha value is -2.79. The van der Waals surface area contributed by atoms with Gasteiger partial charge in [-0.1, -0.05) is 19.4 Å². The van der Waals surface area contributed by atoms with Crippen molar-refractivity contribution in [1.29, 1.82) is 5.26 Å². The molecule has 0 radical (unpaired) electrons. The van der Waals surface area contributed by atoms with E-state index >= 15 is 4.39 Å². The second-order valence-electron chi connectivity index (χ2n) is 9.82. The molecule has 0 aliphatic carbocycles. The Balaban J connectivity index is 2.02. The van der Waals surface area contributed by atoms with E-state index in [-0.39, 0.29) is 18.5 Å². The highest BCUT2D eigenvalue weighted by molar-refractivity contribution is 5.74. The molecular weight excluding hydrogens is 437 g/mol. The fourth-order valence-corrected chi connectivity index (χ4v) is 4.88. The van der Waals surface area contributed by atoms with Gasteiger partial charge in [-0.05, 0) is 40.0 Å². The number of ether oxygens (including phenoxy) is 3. The first-order valence-corrected chi connectivity index (χ1v) is 12.0. The molecular formula is C26H36FN3O4. The average Bonchev–Trinajstić information content (AvgIpc) is 3.02. The molecule has 0 bridgehead atoms. The number of halogens is 1. The van der Waals surface area contributed by atoms with Crippen molar-refractivity contribution in [3.63, 3.8) is 0 Å². The lowest BCUT2D eigenvalue weighted by Crippen LogP contribution is -2.48. The quantitative estimate of drug-likeness (QED) is 0.545. The molecule has 1 saturated heterocycles. The van der Waals surface area contributed by atoms with Crippen LogP contribution in [0.25, 0.3) is 0 Å². The number of nitrogens with zero attached hydrogens (tertiary/aromatic N) is 3. The number of allylic oxidation sites excluding steroid dienone is 2. The van der Waals surface area contributed by atoms with Crippen molar-refractivity contribution >= 4 is 11.8 Å². The molecule has 2 heterocycles.